The first-order chi connectivity index (χ1) is 9.69. The van der Waals surface area contributed by atoms with E-state index in [0.717, 1.165) is 5.56 Å². The van der Waals surface area contributed by atoms with Crippen molar-refractivity contribution in [1.82, 2.24) is 10.2 Å². The molecule has 0 radical (unpaired) electrons. The number of ether oxygens (including phenoxy) is 1. The predicted octanol–water partition coefficient (Wildman–Crippen LogP) is 0.969. The third kappa shape index (κ3) is 2.82. The predicted molar refractivity (Wildman–Crippen MR) is 74.9 cm³/mol. The molecule has 2 atom stereocenters. The van der Waals surface area contributed by atoms with Crippen molar-refractivity contribution in [3.8, 4) is 0 Å². The molecule has 5 nitrogen and oxygen atoms in total. The van der Waals surface area contributed by atoms with E-state index in [1.807, 2.05) is 30.3 Å². The molecule has 1 aromatic rings. The first-order valence-electron chi connectivity index (χ1n) is 6.74. The fraction of sp³-hybridized carbons (Fsp3) is 0.467. The van der Waals surface area contributed by atoms with Crippen molar-refractivity contribution in [3.63, 3.8) is 0 Å². The van der Waals surface area contributed by atoms with Gasteiger partial charge in [0.15, 0.2) is 0 Å². The van der Waals surface area contributed by atoms with E-state index in [-0.39, 0.29) is 30.2 Å². The third-order valence-electron chi connectivity index (χ3n) is 3.69. The van der Waals surface area contributed by atoms with Gasteiger partial charge in [-0.3, -0.25) is 9.59 Å². The molecular weight excluding hydrogens is 256 g/mol. The van der Waals surface area contributed by atoms with Crippen LogP contribution in [0.15, 0.2) is 30.3 Å². The molecule has 0 aliphatic carbocycles. The number of nitrogens with zero attached hydrogens (tertiary/aromatic N) is 1. The van der Waals surface area contributed by atoms with E-state index in [4.69, 9.17) is 4.74 Å². The Hall–Kier alpha value is -1.88. The van der Waals surface area contributed by atoms with Crippen LogP contribution in [0.2, 0.25) is 0 Å². The second-order valence-electron chi connectivity index (χ2n) is 4.86. The maximum Gasteiger partial charge on any atom is 0.225 e. The summed E-state index contributed by atoms with van der Waals surface area (Å²) in [5.74, 6) is -0.427. The van der Waals surface area contributed by atoms with Crippen molar-refractivity contribution < 1.29 is 14.3 Å². The average Bonchev–Trinajstić information content (AvgIpc) is 2.82. The first-order valence-corrected chi connectivity index (χ1v) is 6.74. The Labute approximate surface area is 118 Å². The molecule has 1 fully saturated rings. The van der Waals surface area contributed by atoms with Gasteiger partial charge in [-0.1, -0.05) is 30.3 Å². The molecule has 5 heteroatoms. The van der Waals surface area contributed by atoms with Gasteiger partial charge in [-0.05, 0) is 5.56 Å². The van der Waals surface area contributed by atoms with Crippen LogP contribution in [-0.4, -0.2) is 44.0 Å². The summed E-state index contributed by atoms with van der Waals surface area (Å²) in [7, 11) is 3.21. The quantitative estimate of drug-likeness (QED) is 0.871. The zero-order valence-corrected chi connectivity index (χ0v) is 11.8. The molecule has 0 aromatic heterocycles. The van der Waals surface area contributed by atoms with Gasteiger partial charge in [-0.25, -0.2) is 0 Å². The molecule has 20 heavy (non-hydrogen) atoms. The van der Waals surface area contributed by atoms with Gasteiger partial charge in [-0.15, -0.1) is 0 Å². The van der Waals surface area contributed by atoms with Crippen LogP contribution in [0.4, 0.5) is 0 Å². The highest BCUT2D eigenvalue weighted by molar-refractivity contribution is 5.90. The molecule has 1 aromatic carbocycles. The molecule has 0 unspecified atom stereocenters. The molecule has 2 amide bonds. The van der Waals surface area contributed by atoms with E-state index in [2.05, 4.69) is 5.32 Å². The van der Waals surface area contributed by atoms with Crippen LogP contribution in [0, 0.1) is 5.92 Å². The molecule has 0 spiro atoms. The van der Waals surface area contributed by atoms with E-state index in [9.17, 15) is 9.59 Å². The fourth-order valence-electron chi connectivity index (χ4n) is 2.73. The lowest BCUT2D eigenvalue weighted by Gasteiger charge is -2.27. The van der Waals surface area contributed by atoms with Gasteiger partial charge in [0.2, 0.25) is 11.8 Å². The van der Waals surface area contributed by atoms with E-state index < -0.39 is 0 Å². The Morgan fingerprint density at radius 1 is 1.40 bits per heavy atom. The van der Waals surface area contributed by atoms with Crippen molar-refractivity contribution in [2.24, 2.45) is 5.92 Å². The number of amides is 2. The van der Waals surface area contributed by atoms with Crippen LogP contribution >= 0.6 is 0 Å². The second kappa shape index (κ2) is 6.52. The minimum absolute atomic E-state index is 0.00417. The Morgan fingerprint density at radius 2 is 2.10 bits per heavy atom. The summed E-state index contributed by atoms with van der Waals surface area (Å²) >= 11 is 0. The SMILES string of the molecule is CNC(=O)[C@@H]1CC(=O)N(CCOC)[C@H]1c1ccccc1. The number of rotatable bonds is 5. The van der Waals surface area contributed by atoms with E-state index in [0.29, 0.717) is 13.2 Å². The molecule has 108 valence electrons. The van der Waals surface area contributed by atoms with Gasteiger partial charge in [0.25, 0.3) is 0 Å². The number of likely N-dealkylation sites (tertiary alicyclic amines) is 1. The maximum atomic E-state index is 12.2. The smallest absolute Gasteiger partial charge is 0.225 e. The zero-order chi connectivity index (χ0) is 14.5. The lowest BCUT2D eigenvalue weighted by Crippen LogP contribution is -2.35. The maximum absolute atomic E-state index is 12.2. The van der Waals surface area contributed by atoms with Crippen molar-refractivity contribution in [2.45, 2.75) is 12.5 Å². The average molecular weight is 276 g/mol. The molecule has 1 N–H and O–H groups in total. The van der Waals surface area contributed by atoms with Gasteiger partial charge in [-0.2, -0.15) is 0 Å². The summed E-state index contributed by atoms with van der Waals surface area (Å²) in [5, 5.41) is 2.65. The van der Waals surface area contributed by atoms with Crippen LogP contribution < -0.4 is 5.32 Å². The van der Waals surface area contributed by atoms with Gasteiger partial charge in [0, 0.05) is 27.1 Å². The highest BCUT2D eigenvalue weighted by atomic mass is 16.5. The van der Waals surface area contributed by atoms with Crippen LogP contribution in [0.1, 0.15) is 18.0 Å². The number of nitrogens with one attached hydrogen (secondary N) is 1. The Kier molecular flexibility index (Phi) is 4.74. The minimum atomic E-state index is -0.341. The van der Waals surface area contributed by atoms with Crippen LogP contribution in [0.5, 0.6) is 0 Å². The molecule has 0 saturated carbocycles. The zero-order valence-electron chi connectivity index (χ0n) is 11.8. The van der Waals surface area contributed by atoms with Gasteiger partial charge in [0.05, 0.1) is 18.6 Å². The van der Waals surface area contributed by atoms with Gasteiger partial charge in [0.1, 0.15) is 0 Å². The normalized spacial score (nSPS) is 22.1. The number of hydrogen-bond donors (Lipinski definition) is 1. The summed E-state index contributed by atoms with van der Waals surface area (Å²) in [6.45, 7) is 0.970. The molecule has 1 aliphatic rings. The van der Waals surface area contributed by atoms with Crippen molar-refractivity contribution in [1.29, 1.82) is 0 Å². The van der Waals surface area contributed by atoms with Gasteiger partial charge < -0.3 is 15.0 Å². The Bertz CT molecular complexity index is 475. The molecule has 1 heterocycles. The fourth-order valence-corrected chi connectivity index (χ4v) is 2.73. The Morgan fingerprint density at radius 3 is 2.70 bits per heavy atom. The molecule has 1 saturated heterocycles. The van der Waals surface area contributed by atoms with E-state index in [1.54, 1.807) is 19.1 Å². The Balaban J connectivity index is 2.31. The lowest BCUT2D eigenvalue weighted by atomic mass is 9.93. The highest BCUT2D eigenvalue weighted by Gasteiger charge is 2.43. The van der Waals surface area contributed by atoms with E-state index >= 15 is 0 Å². The summed E-state index contributed by atoms with van der Waals surface area (Å²) in [6.07, 6.45) is 0.253. The topological polar surface area (TPSA) is 58.6 Å². The number of carbonyl (C=O) groups excluding carboxylic acids is 2. The minimum Gasteiger partial charge on any atom is -0.383 e. The summed E-state index contributed by atoms with van der Waals surface area (Å²) in [6, 6.07) is 9.48. The lowest BCUT2D eigenvalue weighted by molar-refractivity contribution is -0.129. The van der Waals surface area contributed by atoms with Crippen molar-refractivity contribution >= 4 is 11.8 Å². The van der Waals surface area contributed by atoms with E-state index in [1.165, 1.54) is 0 Å². The standard InChI is InChI=1S/C15H20N2O3/c1-16-15(19)12-10-13(18)17(8-9-20-2)14(12)11-6-4-3-5-7-11/h3-7,12,14H,8-10H2,1-2H3,(H,16,19)/t12-,14+/m1/s1. The van der Waals surface area contributed by atoms with Crippen molar-refractivity contribution in [3.05, 3.63) is 35.9 Å². The molecule has 1 aliphatic heterocycles. The summed E-state index contributed by atoms with van der Waals surface area (Å²) in [5.41, 5.74) is 0.989. The highest BCUT2D eigenvalue weighted by Crippen LogP contribution is 2.37. The molecule has 0 bridgehead atoms. The first kappa shape index (κ1) is 14.5. The molecule has 2 rings (SSSR count). The summed E-state index contributed by atoms with van der Waals surface area (Å²) in [4.78, 5) is 26.0. The van der Waals surface area contributed by atoms with Gasteiger partial charge >= 0.3 is 0 Å². The third-order valence-corrected chi connectivity index (χ3v) is 3.69. The van der Waals surface area contributed by atoms with Crippen molar-refractivity contribution in [2.75, 3.05) is 27.3 Å². The van der Waals surface area contributed by atoms with Crippen LogP contribution in [-0.2, 0) is 14.3 Å². The monoisotopic (exact) mass is 276 g/mol. The van der Waals surface area contributed by atoms with Crippen LogP contribution in [0.3, 0.4) is 0 Å². The summed E-state index contributed by atoms with van der Waals surface area (Å²) < 4.78 is 5.06. The second-order valence-corrected chi connectivity index (χ2v) is 4.86. The number of benzene rings is 1. The number of hydrogen-bond acceptors (Lipinski definition) is 3. The van der Waals surface area contributed by atoms with Crippen LogP contribution in [0.25, 0.3) is 0 Å². The number of carbonyl (C=O) groups is 2. The molecular formula is C15H20N2O3. The number of methoxy groups -OCH3 is 1. The largest absolute Gasteiger partial charge is 0.383 e.